The summed E-state index contributed by atoms with van der Waals surface area (Å²) in [5.41, 5.74) is 1.66. The summed E-state index contributed by atoms with van der Waals surface area (Å²) in [7, 11) is 0. The molecule has 0 saturated heterocycles. The number of aromatic nitrogens is 1. The van der Waals surface area contributed by atoms with Crippen molar-refractivity contribution in [2.75, 3.05) is 0 Å². The monoisotopic (exact) mass is 279 g/mol. The molecule has 1 heterocycles. The maximum Gasteiger partial charge on any atom is 0.347 e. The zero-order chi connectivity index (χ0) is 12.7. The van der Waals surface area contributed by atoms with E-state index in [1.165, 1.54) is 11.3 Å². The number of thiazole rings is 1. The Kier molecular flexibility index (Phi) is 2.84. The summed E-state index contributed by atoms with van der Waals surface area (Å²) < 4.78 is 0. The Morgan fingerprint density at radius 3 is 2.56 bits per heavy atom. The van der Waals surface area contributed by atoms with Crippen LogP contribution >= 0.6 is 22.9 Å². The molecule has 0 amide bonds. The molecule has 1 aliphatic carbocycles. The highest BCUT2D eigenvalue weighted by molar-refractivity contribution is 7.17. The molecule has 1 N–H and O–H groups in total. The lowest BCUT2D eigenvalue weighted by atomic mass is 10.2. The Hall–Kier alpha value is -1.39. The Bertz CT molecular complexity index is 602. The van der Waals surface area contributed by atoms with Crippen LogP contribution < -0.4 is 0 Å². The van der Waals surface area contributed by atoms with E-state index >= 15 is 0 Å². The molecule has 1 saturated carbocycles. The molecule has 92 valence electrons. The van der Waals surface area contributed by atoms with E-state index in [9.17, 15) is 9.90 Å². The molecule has 0 bridgehead atoms. The molecule has 1 aromatic carbocycles. The zero-order valence-corrected chi connectivity index (χ0v) is 11.0. The topological polar surface area (TPSA) is 50.2 Å². The van der Waals surface area contributed by atoms with Crippen molar-refractivity contribution in [1.82, 2.24) is 4.98 Å². The van der Waals surface area contributed by atoms with Gasteiger partial charge in [-0.05, 0) is 25.0 Å². The molecular weight excluding hydrogens is 270 g/mol. The largest absolute Gasteiger partial charge is 0.477 e. The molecule has 3 nitrogen and oxygen atoms in total. The fourth-order valence-corrected chi connectivity index (χ4v) is 2.96. The van der Waals surface area contributed by atoms with Crippen molar-refractivity contribution in [3.8, 4) is 10.6 Å². The van der Waals surface area contributed by atoms with Crippen molar-refractivity contribution in [2.24, 2.45) is 0 Å². The molecule has 0 aliphatic heterocycles. The number of carboxylic acid groups (broad SMARTS) is 1. The third-order valence-electron chi connectivity index (χ3n) is 2.90. The van der Waals surface area contributed by atoms with Gasteiger partial charge in [-0.1, -0.05) is 23.7 Å². The van der Waals surface area contributed by atoms with E-state index in [4.69, 9.17) is 11.6 Å². The number of aromatic carboxylic acids is 1. The first-order valence-electron chi connectivity index (χ1n) is 5.65. The van der Waals surface area contributed by atoms with Gasteiger partial charge in [0, 0.05) is 16.5 Å². The first-order chi connectivity index (χ1) is 8.65. The predicted octanol–water partition coefficient (Wildman–Crippen LogP) is 4.04. The molecule has 0 atom stereocenters. The van der Waals surface area contributed by atoms with E-state index in [0.29, 0.717) is 15.8 Å². The van der Waals surface area contributed by atoms with Crippen molar-refractivity contribution >= 4 is 28.9 Å². The van der Waals surface area contributed by atoms with Crippen molar-refractivity contribution in [3.05, 3.63) is 39.9 Å². The van der Waals surface area contributed by atoms with Gasteiger partial charge in [0.1, 0.15) is 9.88 Å². The Morgan fingerprint density at radius 2 is 2.00 bits per heavy atom. The molecule has 0 radical (unpaired) electrons. The van der Waals surface area contributed by atoms with Crippen LogP contribution in [-0.2, 0) is 0 Å². The van der Waals surface area contributed by atoms with E-state index in [1.54, 1.807) is 12.1 Å². The Morgan fingerprint density at radius 1 is 1.33 bits per heavy atom. The third-order valence-corrected chi connectivity index (χ3v) is 4.26. The Balaban J connectivity index is 2.04. The van der Waals surface area contributed by atoms with Gasteiger partial charge in [-0.25, -0.2) is 9.78 Å². The van der Waals surface area contributed by atoms with Crippen LogP contribution in [0.2, 0.25) is 5.02 Å². The summed E-state index contributed by atoms with van der Waals surface area (Å²) in [5.74, 6) is -0.539. The normalized spacial score (nSPS) is 14.7. The number of carboxylic acids is 1. The molecule has 1 aliphatic rings. The molecule has 5 heteroatoms. The smallest absolute Gasteiger partial charge is 0.347 e. The fraction of sp³-hybridized carbons (Fsp3) is 0.231. The van der Waals surface area contributed by atoms with E-state index in [2.05, 4.69) is 4.98 Å². The van der Waals surface area contributed by atoms with Gasteiger partial charge < -0.3 is 5.11 Å². The number of carbonyl (C=O) groups is 1. The standard InChI is InChI=1S/C13H10ClNO2S/c14-9-5-3-8(4-6-9)12-15-10(7-1-2-7)11(18-12)13(16)17/h3-7H,1-2H2,(H,16,17). The molecule has 1 aromatic heterocycles. The van der Waals surface area contributed by atoms with E-state index < -0.39 is 5.97 Å². The first-order valence-corrected chi connectivity index (χ1v) is 6.84. The van der Waals surface area contributed by atoms with Gasteiger partial charge in [0.15, 0.2) is 0 Å². The number of nitrogens with zero attached hydrogens (tertiary/aromatic N) is 1. The average Bonchev–Trinajstić information content (AvgIpc) is 3.09. The molecule has 18 heavy (non-hydrogen) atoms. The highest BCUT2D eigenvalue weighted by Gasteiger charge is 2.32. The van der Waals surface area contributed by atoms with Gasteiger partial charge in [-0.15, -0.1) is 11.3 Å². The minimum Gasteiger partial charge on any atom is -0.477 e. The second kappa shape index (κ2) is 4.37. The highest BCUT2D eigenvalue weighted by atomic mass is 35.5. The van der Waals surface area contributed by atoms with Gasteiger partial charge in [-0.2, -0.15) is 0 Å². The molecule has 1 fully saturated rings. The van der Waals surface area contributed by atoms with Crippen molar-refractivity contribution < 1.29 is 9.90 Å². The minimum atomic E-state index is -0.880. The Labute approximate surface area is 113 Å². The maximum atomic E-state index is 11.2. The maximum absolute atomic E-state index is 11.2. The van der Waals surface area contributed by atoms with Crippen molar-refractivity contribution in [2.45, 2.75) is 18.8 Å². The lowest BCUT2D eigenvalue weighted by molar-refractivity contribution is 0.0700. The van der Waals surface area contributed by atoms with Crippen LogP contribution in [0.1, 0.15) is 34.1 Å². The second-order valence-corrected chi connectivity index (χ2v) is 5.76. The molecule has 0 spiro atoms. The fourth-order valence-electron chi connectivity index (χ4n) is 1.83. The van der Waals surface area contributed by atoms with E-state index in [1.807, 2.05) is 12.1 Å². The summed E-state index contributed by atoms with van der Waals surface area (Å²) in [6.45, 7) is 0. The van der Waals surface area contributed by atoms with Gasteiger partial charge in [0.05, 0.1) is 5.69 Å². The van der Waals surface area contributed by atoms with Crippen LogP contribution in [0.5, 0.6) is 0 Å². The summed E-state index contributed by atoms with van der Waals surface area (Å²) in [6, 6.07) is 7.30. The van der Waals surface area contributed by atoms with Crippen LogP contribution in [-0.4, -0.2) is 16.1 Å². The van der Waals surface area contributed by atoms with Gasteiger partial charge >= 0.3 is 5.97 Å². The highest BCUT2D eigenvalue weighted by Crippen LogP contribution is 2.44. The number of hydrogen-bond acceptors (Lipinski definition) is 3. The molecular formula is C13H10ClNO2S. The van der Waals surface area contributed by atoms with E-state index in [0.717, 1.165) is 29.1 Å². The lowest BCUT2D eigenvalue weighted by Gasteiger charge is -1.95. The predicted molar refractivity (Wildman–Crippen MR) is 71.5 cm³/mol. The second-order valence-electron chi connectivity index (χ2n) is 4.32. The van der Waals surface area contributed by atoms with Crippen molar-refractivity contribution in [1.29, 1.82) is 0 Å². The zero-order valence-electron chi connectivity index (χ0n) is 9.39. The summed E-state index contributed by atoms with van der Waals surface area (Å²) in [5, 5.41) is 10.6. The summed E-state index contributed by atoms with van der Waals surface area (Å²) >= 11 is 7.08. The first kappa shape index (κ1) is 11.7. The number of halogens is 1. The molecule has 2 aromatic rings. The van der Waals surface area contributed by atoms with Gasteiger partial charge in [-0.3, -0.25) is 0 Å². The third kappa shape index (κ3) is 2.13. The van der Waals surface area contributed by atoms with E-state index in [-0.39, 0.29) is 0 Å². The lowest BCUT2D eigenvalue weighted by Crippen LogP contribution is -1.97. The molecule has 3 rings (SSSR count). The van der Waals surface area contributed by atoms with Gasteiger partial charge in [0.2, 0.25) is 0 Å². The average molecular weight is 280 g/mol. The van der Waals surface area contributed by atoms with Crippen LogP contribution in [0.25, 0.3) is 10.6 Å². The number of rotatable bonds is 3. The molecule has 0 unspecified atom stereocenters. The quantitative estimate of drug-likeness (QED) is 0.922. The summed E-state index contributed by atoms with van der Waals surface area (Å²) in [4.78, 5) is 16.1. The van der Waals surface area contributed by atoms with Crippen LogP contribution in [0, 0.1) is 0 Å². The summed E-state index contributed by atoms with van der Waals surface area (Å²) in [6.07, 6.45) is 2.09. The van der Waals surface area contributed by atoms with Crippen LogP contribution in [0.4, 0.5) is 0 Å². The van der Waals surface area contributed by atoms with Crippen LogP contribution in [0.15, 0.2) is 24.3 Å². The SMILES string of the molecule is O=C(O)c1sc(-c2ccc(Cl)cc2)nc1C1CC1. The van der Waals surface area contributed by atoms with Gasteiger partial charge in [0.25, 0.3) is 0 Å². The number of benzene rings is 1. The minimum absolute atomic E-state index is 0.341. The van der Waals surface area contributed by atoms with Crippen molar-refractivity contribution in [3.63, 3.8) is 0 Å². The number of hydrogen-bond donors (Lipinski definition) is 1. The van der Waals surface area contributed by atoms with Crippen LogP contribution in [0.3, 0.4) is 0 Å².